The molecular weight excluding hydrogens is 392 g/mol. The lowest BCUT2D eigenvalue weighted by Gasteiger charge is -2.15. The summed E-state index contributed by atoms with van der Waals surface area (Å²) in [5, 5.41) is 15.5. The van der Waals surface area contributed by atoms with Gasteiger partial charge in [0.2, 0.25) is 5.91 Å². The van der Waals surface area contributed by atoms with E-state index in [4.69, 9.17) is 0 Å². The smallest absolute Gasteiger partial charge is 0.326 e. The number of carboxylic acids is 1. The number of rotatable bonds is 8. The fourth-order valence-corrected chi connectivity index (χ4v) is 3.86. The van der Waals surface area contributed by atoms with E-state index in [0.29, 0.717) is 22.7 Å². The van der Waals surface area contributed by atoms with E-state index >= 15 is 0 Å². The molecule has 9 heteroatoms. The highest BCUT2D eigenvalue weighted by molar-refractivity contribution is 7.20. The predicted octanol–water partition coefficient (Wildman–Crippen LogP) is 3.03. The summed E-state index contributed by atoms with van der Waals surface area (Å²) in [6.07, 6.45) is 3.65. The standard InChI is InChI=1S/C20H22N4O4S/c1-11(2)5-15(20(27)28)24-19(26)17-7-12-6-13(3-4-16(12)29-17)23-18(25)8-14-9-21-10-22-14/h3-4,6-7,9-11,15H,5,8H2,1-2H3,(H,21,22)(H,23,25)(H,24,26)(H,27,28)/t15-/m0/s1. The topological polar surface area (TPSA) is 124 Å². The van der Waals surface area contributed by atoms with Crippen molar-refractivity contribution in [3.8, 4) is 0 Å². The van der Waals surface area contributed by atoms with E-state index < -0.39 is 17.9 Å². The highest BCUT2D eigenvalue weighted by Crippen LogP contribution is 2.28. The van der Waals surface area contributed by atoms with Crippen LogP contribution >= 0.6 is 11.3 Å². The maximum atomic E-state index is 12.5. The van der Waals surface area contributed by atoms with E-state index in [1.807, 2.05) is 19.9 Å². The third-order valence-corrected chi connectivity index (χ3v) is 5.36. The normalized spacial score (nSPS) is 12.1. The van der Waals surface area contributed by atoms with E-state index in [2.05, 4.69) is 20.6 Å². The average molecular weight is 414 g/mol. The SMILES string of the molecule is CC(C)C[C@H](NC(=O)c1cc2cc(NC(=O)Cc3cnc[nH]3)ccc2s1)C(=O)O. The van der Waals surface area contributed by atoms with E-state index in [-0.39, 0.29) is 18.2 Å². The minimum Gasteiger partial charge on any atom is -0.480 e. The number of carbonyl (C=O) groups excluding carboxylic acids is 2. The molecule has 29 heavy (non-hydrogen) atoms. The molecule has 0 aliphatic heterocycles. The minimum atomic E-state index is -1.05. The van der Waals surface area contributed by atoms with Crippen LogP contribution in [-0.2, 0) is 16.0 Å². The first kappa shape index (κ1) is 20.5. The molecule has 0 aliphatic carbocycles. The molecule has 1 atom stereocenters. The number of carboxylic acid groups (broad SMARTS) is 1. The van der Waals surface area contributed by atoms with Crippen molar-refractivity contribution in [3.05, 3.63) is 47.4 Å². The summed E-state index contributed by atoms with van der Waals surface area (Å²) in [5.74, 6) is -1.49. The van der Waals surface area contributed by atoms with Crippen molar-refractivity contribution in [2.24, 2.45) is 5.92 Å². The van der Waals surface area contributed by atoms with Crippen molar-refractivity contribution < 1.29 is 19.5 Å². The fourth-order valence-electron chi connectivity index (χ4n) is 2.91. The molecular formula is C20H22N4O4S. The van der Waals surface area contributed by atoms with Gasteiger partial charge in [-0.3, -0.25) is 9.59 Å². The van der Waals surface area contributed by atoms with Crippen molar-refractivity contribution in [2.75, 3.05) is 5.32 Å². The number of aliphatic carboxylic acids is 1. The molecule has 152 valence electrons. The molecule has 0 spiro atoms. The molecule has 3 rings (SSSR count). The lowest BCUT2D eigenvalue weighted by molar-refractivity contribution is -0.139. The number of hydrogen-bond acceptors (Lipinski definition) is 5. The number of nitrogens with one attached hydrogen (secondary N) is 3. The van der Waals surface area contributed by atoms with Gasteiger partial charge in [0.25, 0.3) is 5.91 Å². The molecule has 0 saturated heterocycles. The number of anilines is 1. The third kappa shape index (κ3) is 5.41. The van der Waals surface area contributed by atoms with Crippen LogP contribution in [0.4, 0.5) is 5.69 Å². The van der Waals surface area contributed by atoms with Crippen LogP contribution in [0.2, 0.25) is 0 Å². The van der Waals surface area contributed by atoms with E-state index in [1.54, 1.807) is 24.4 Å². The van der Waals surface area contributed by atoms with Gasteiger partial charge in [0.05, 0.1) is 17.6 Å². The minimum absolute atomic E-state index is 0.145. The zero-order chi connectivity index (χ0) is 21.0. The van der Waals surface area contributed by atoms with Gasteiger partial charge in [-0.05, 0) is 42.0 Å². The number of H-pyrrole nitrogens is 1. The van der Waals surface area contributed by atoms with Crippen LogP contribution < -0.4 is 10.6 Å². The second-order valence-corrected chi connectivity index (χ2v) is 8.24. The molecule has 0 aliphatic rings. The van der Waals surface area contributed by atoms with Crippen molar-refractivity contribution in [3.63, 3.8) is 0 Å². The molecule has 3 aromatic rings. The summed E-state index contributed by atoms with van der Waals surface area (Å²) in [6.45, 7) is 3.81. The number of aromatic nitrogens is 2. The number of aromatic amines is 1. The van der Waals surface area contributed by atoms with Gasteiger partial charge in [-0.25, -0.2) is 9.78 Å². The zero-order valence-electron chi connectivity index (χ0n) is 16.1. The zero-order valence-corrected chi connectivity index (χ0v) is 16.9. The first-order valence-corrected chi connectivity index (χ1v) is 9.98. The van der Waals surface area contributed by atoms with Gasteiger partial charge < -0.3 is 20.7 Å². The number of nitrogens with zero attached hydrogens (tertiary/aromatic N) is 1. The number of thiophene rings is 1. The van der Waals surface area contributed by atoms with Gasteiger partial charge in [-0.2, -0.15) is 0 Å². The fraction of sp³-hybridized carbons (Fsp3) is 0.300. The van der Waals surface area contributed by atoms with Crippen molar-refractivity contribution >= 4 is 44.9 Å². The summed E-state index contributed by atoms with van der Waals surface area (Å²) in [5.41, 5.74) is 1.34. The maximum absolute atomic E-state index is 12.5. The van der Waals surface area contributed by atoms with Crippen LogP contribution in [0.5, 0.6) is 0 Å². The average Bonchev–Trinajstić information content (AvgIpc) is 3.29. The Balaban J connectivity index is 1.70. The Kier molecular flexibility index (Phi) is 6.28. The molecule has 8 nitrogen and oxygen atoms in total. The Morgan fingerprint density at radius 2 is 2.03 bits per heavy atom. The molecule has 2 heterocycles. The Hall–Kier alpha value is -3.20. The van der Waals surface area contributed by atoms with Gasteiger partial charge in [0.15, 0.2) is 0 Å². The van der Waals surface area contributed by atoms with Gasteiger partial charge in [0.1, 0.15) is 6.04 Å². The summed E-state index contributed by atoms with van der Waals surface area (Å²) in [6, 6.07) is 6.16. The number of hydrogen-bond donors (Lipinski definition) is 4. The van der Waals surface area contributed by atoms with Crippen molar-refractivity contribution in [1.29, 1.82) is 0 Å². The molecule has 1 aromatic carbocycles. The summed E-state index contributed by atoms with van der Waals surface area (Å²) >= 11 is 1.28. The molecule has 0 unspecified atom stereocenters. The maximum Gasteiger partial charge on any atom is 0.326 e. The molecule has 0 radical (unpaired) electrons. The molecule has 0 saturated carbocycles. The van der Waals surface area contributed by atoms with Crippen LogP contribution in [0, 0.1) is 5.92 Å². The van der Waals surface area contributed by atoms with Crippen LogP contribution in [0.25, 0.3) is 10.1 Å². The summed E-state index contributed by atoms with van der Waals surface area (Å²) in [4.78, 5) is 43.2. The number of fused-ring (bicyclic) bond motifs is 1. The number of carbonyl (C=O) groups is 3. The number of amides is 2. The molecule has 2 aromatic heterocycles. The Labute approximate surface area is 171 Å². The first-order chi connectivity index (χ1) is 13.8. The van der Waals surface area contributed by atoms with Crippen LogP contribution in [0.1, 0.15) is 35.6 Å². The van der Waals surface area contributed by atoms with Crippen molar-refractivity contribution in [2.45, 2.75) is 32.7 Å². The van der Waals surface area contributed by atoms with Crippen LogP contribution in [0.15, 0.2) is 36.8 Å². The van der Waals surface area contributed by atoms with E-state index in [0.717, 1.165) is 10.1 Å². The highest BCUT2D eigenvalue weighted by atomic mass is 32.1. The van der Waals surface area contributed by atoms with Crippen LogP contribution in [0.3, 0.4) is 0 Å². The lowest BCUT2D eigenvalue weighted by atomic mass is 10.0. The molecule has 0 fully saturated rings. The first-order valence-electron chi connectivity index (χ1n) is 9.16. The molecule has 4 N–H and O–H groups in total. The monoisotopic (exact) mass is 414 g/mol. The lowest BCUT2D eigenvalue weighted by Crippen LogP contribution is -2.41. The Morgan fingerprint density at radius 1 is 1.24 bits per heavy atom. The Bertz CT molecular complexity index is 1030. The van der Waals surface area contributed by atoms with E-state index in [9.17, 15) is 19.5 Å². The van der Waals surface area contributed by atoms with Gasteiger partial charge in [0, 0.05) is 22.3 Å². The number of benzene rings is 1. The second kappa shape index (κ2) is 8.87. The van der Waals surface area contributed by atoms with Crippen LogP contribution in [-0.4, -0.2) is 38.9 Å². The van der Waals surface area contributed by atoms with Gasteiger partial charge in [-0.15, -0.1) is 11.3 Å². The third-order valence-electron chi connectivity index (χ3n) is 4.24. The Morgan fingerprint density at radius 3 is 2.69 bits per heavy atom. The highest BCUT2D eigenvalue weighted by Gasteiger charge is 2.22. The molecule has 0 bridgehead atoms. The van der Waals surface area contributed by atoms with E-state index in [1.165, 1.54) is 17.7 Å². The quantitative estimate of drug-likeness (QED) is 0.451. The summed E-state index contributed by atoms with van der Waals surface area (Å²) < 4.78 is 0.873. The van der Waals surface area contributed by atoms with Gasteiger partial charge in [-0.1, -0.05) is 13.8 Å². The molecule has 2 amide bonds. The van der Waals surface area contributed by atoms with Gasteiger partial charge >= 0.3 is 5.97 Å². The number of imidazole rings is 1. The second-order valence-electron chi connectivity index (χ2n) is 7.16. The van der Waals surface area contributed by atoms with Crippen molar-refractivity contribution in [1.82, 2.24) is 15.3 Å². The predicted molar refractivity (Wildman–Crippen MR) is 111 cm³/mol. The largest absolute Gasteiger partial charge is 0.480 e. The summed E-state index contributed by atoms with van der Waals surface area (Å²) in [7, 11) is 0.